The first kappa shape index (κ1) is 14.6. The minimum atomic E-state index is -0.691. The molecule has 0 aliphatic heterocycles. The summed E-state index contributed by atoms with van der Waals surface area (Å²) in [6.07, 6.45) is 1.80. The maximum Gasteiger partial charge on any atom is 0.0741 e. The summed E-state index contributed by atoms with van der Waals surface area (Å²) in [5.41, 5.74) is 7.55. The maximum atomic E-state index is 9.75. The van der Waals surface area contributed by atoms with Crippen molar-refractivity contribution in [2.45, 2.75) is 38.0 Å². The topological polar surface area (TPSA) is 46.2 Å². The molecule has 0 aromatic heterocycles. The van der Waals surface area contributed by atoms with E-state index >= 15 is 0 Å². The van der Waals surface area contributed by atoms with Crippen molar-refractivity contribution < 1.29 is 5.11 Å². The second kappa shape index (κ2) is 7.04. The van der Waals surface area contributed by atoms with Crippen LogP contribution in [0, 0.1) is 6.92 Å². The minimum Gasteiger partial charge on any atom is -0.389 e. The quantitative estimate of drug-likeness (QED) is 0.735. The number of aliphatic hydroxyl groups is 1. The molecular formula is C14H23NOS. The normalized spacial score (nSPS) is 14.6. The smallest absolute Gasteiger partial charge is 0.0741 e. The Morgan fingerprint density at radius 2 is 2.06 bits per heavy atom. The van der Waals surface area contributed by atoms with Gasteiger partial charge in [-0.2, -0.15) is 11.8 Å². The lowest BCUT2D eigenvalue weighted by Crippen LogP contribution is -2.34. The fourth-order valence-electron chi connectivity index (χ4n) is 1.61. The van der Waals surface area contributed by atoms with Crippen LogP contribution in [-0.4, -0.2) is 23.0 Å². The summed E-state index contributed by atoms with van der Waals surface area (Å²) in [6.45, 7) is 4.30. The van der Waals surface area contributed by atoms with Gasteiger partial charge >= 0.3 is 0 Å². The van der Waals surface area contributed by atoms with Gasteiger partial charge in [0.2, 0.25) is 0 Å². The highest BCUT2D eigenvalue weighted by Gasteiger charge is 2.16. The van der Waals surface area contributed by atoms with Crippen molar-refractivity contribution in [1.82, 2.24) is 0 Å². The van der Waals surface area contributed by atoms with E-state index in [-0.39, 0.29) is 0 Å². The first-order valence-electron chi connectivity index (χ1n) is 6.10. The molecule has 1 atom stereocenters. The Bertz CT molecular complexity index is 339. The molecule has 0 spiro atoms. The second-order valence-electron chi connectivity index (χ2n) is 4.78. The summed E-state index contributed by atoms with van der Waals surface area (Å²) in [6, 6.07) is 8.48. The van der Waals surface area contributed by atoms with E-state index in [1.54, 1.807) is 6.92 Å². The zero-order chi connectivity index (χ0) is 12.7. The molecule has 0 bridgehead atoms. The van der Waals surface area contributed by atoms with Crippen LogP contribution in [0.15, 0.2) is 24.3 Å². The van der Waals surface area contributed by atoms with Crippen molar-refractivity contribution in [3.8, 4) is 0 Å². The van der Waals surface area contributed by atoms with E-state index in [2.05, 4.69) is 31.2 Å². The summed E-state index contributed by atoms with van der Waals surface area (Å²) in [5, 5.41) is 9.75. The molecule has 0 aliphatic carbocycles. The van der Waals surface area contributed by atoms with Crippen LogP contribution in [-0.2, 0) is 5.75 Å². The van der Waals surface area contributed by atoms with E-state index in [0.717, 1.165) is 24.3 Å². The van der Waals surface area contributed by atoms with E-state index in [1.165, 1.54) is 11.1 Å². The summed E-state index contributed by atoms with van der Waals surface area (Å²) < 4.78 is 0. The van der Waals surface area contributed by atoms with Gasteiger partial charge in [-0.1, -0.05) is 24.3 Å². The standard InChI is InChI=1S/C14H23NOS/c1-12-6-3-4-7-13(12)10-17-9-5-8-14(2,16)11-15/h3-4,6-7,16H,5,8-11,15H2,1-2H3. The zero-order valence-electron chi connectivity index (χ0n) is 10.8. The van der Waals surface area contributed by atoms with Crippen molar-refractivity contribution in [1.29, 1.82) is 0 Å². The molecule has 0 aliphatic rings. The van der Waals surface area contributed by atoms with Crippen LogP contribution in [0.2, 0.25) is 0 Å². The highest BCUT2D eigenvalue weighted by molar-refractivity contribution is 7.98. The lowest BCUT2D eigenvalue weighted by atomic mass is 10.0. The van der Waals surface area contributed by atoms with Gasteiger partial charge in [-0.15, -0.1) is 0 Å². The Kier molecular flexibility index (Phi) is 6.03. The molecule has 0 saturated carbocycles. The molecule has 0 amide bonds. The number of hydrogen-bond donors (Lipinski definition) is 2. The molecule has 1 aromatic rings. The maximum absolute atomic E-state index is 9.75. The van der Waals surface area contributed by atoms with E-state index < -0.39 is 5.60 Å². The molecule has 1 aromatic carbocycles. The van der Waals surface area contributed by atoms with E-state index in [9.17, 15) is 5.11 Å². The molecule has 3 N–H and O–H groups in total. The Labute approximate surface area is 109 Å². The van der Waals surface area contributed by atoms with Gasteiger partial charge in [0.25, 0.3) is 0 Å². The monoisotopic (exact) mass is 253 g/mol. The molecule has 1 rings (SSSR count). The van der Waals surface area contributed by atoms with Gasteiger partial charge in [0.1, 0.15) is 0 Å². The molecule has 1 unspecified atom stereocenters. The first-order chi connectivity index (χ1) is 8.05. The van der Waals surface area contributed by atoms with Crippen LogP contribution < -0.4 is 5.73 Å². The number of nitrogens with two attached hydrogens (primary N) is 1. The Balaban J connectivity index is 2.19. The fourth-order valence-corrected chi connectivity index (χ4v) is 2.65. The third-order valence-electron chi connectivity index (χ3n) is 2.96. The number of hydrogen-bond acceptors (Lipinski definition) is 3. The Morgan fingerprint density at radius 1 is 1.35 bits per heavy atom. The van der Waals surface area contributed by atoms with Gasteiger partial charge < -0.3 is 10.8 Å². The summed E-state index contributed by atoms with van der Waals surface area (Å²) >= 11 is 1.92. The third kappa shape index (κ3) is 5.57. The van der Waals surface area contributed by atoms with Crippen LogP contribution in [0.5, 0.6) is 0 Å². The molecule has 0 radical (unpaired) electrons. The predicted molar refractivity (Wildman–Crippen MR) is 76.3 cm³/mol. The highest BCUT2D eigenvalue weighted by Crippen LogP contribution is 2.19. The van der Waals surface area contributed by atoms with Gasteiger partial charge in [-0.25, -0.2) is 0 Å². The van der Waals surface area contributed by atoms with E-state index in [1.807, 2.05) is 11.8 Å². The summed E-state index contributed by atoms with van der Waals surface area (Å²) in [7, 11) is 0. The lowest BCUT2D eigenvalue weighted by molar-refractivity contribution is 0.0596. The number of benzene rings is 1. The Hall–Kier alpha value is -0.510. The average Bonchev–Trinajstić information content (AvgIpc) is 2.31. The first-order valence-corrected chi connectivity index (χ1v) is 7.25. The van der Waals surface area contributed by atoms with Gasteiger partial charge in [-0.3, -0.25) is 0 Å². The average molecular weight is 253 g/mol. The fraction of sp³-hybridized carbons (Fsp3) is 0.571. The molecule has 0 heterocycles. The van der Waals surface area contributed by atoms with Crippen LogP contribution in [0.25, 0.3) is 0 Å². The second-order valence-corrected chi connectivity index (χ2v) is 5.89. The van der Waals surface area contributed by atoms with Crippen LogP contribution in [0.3, 0.4) is 0 Å². The van der Waals surface area contributed by atoms with Crippen molar-refractivity contribution in [3.63, 3.8) is 0 Å². The number of aryl methyl sites for hydroxylation is 1. The molecular weight excluding hydrogens is 230 g/mol. The van der Waals surface area contributed by atoms with Crippen molar-refractivity contribution in [2.75, 3.05) is 12.3 Å². The SMILES string of the molecule is Cc1ccccc1CSCCCC(C)(O)CN. The van der Waals surface area contributed by atoms with Gasteiger partial charge in [-0.05, 0) is 43.6 Å². The molecule has 3 heteroatoms. The van der Waals surface area contributed by atoms with Crippen molar-refractivity contribution in [3.05, 3.63) is 35.4 Å². The molecule has 0 saturated heterocycles. The van der Waals surface area contributed by atoms with Gasteiger partial charge in [0.05, 0.1) is 5.60 Å². The Morgan fingerprint density at radius 3 is 2.71 bits per heavy atom. The highest BCUT2D eigenvalue weighted by atomic mass is 32.2. The van der Waals surface area contributed by atoms with E-state index in [0.29, 0.717) is 6.54 Å². The lowest BCUT2D eigenvalue weighted by Gasteiger charge is -2.20. The van der Waals surface area contributed by atoms with Crippen LogP contribution in [0.4, 0.5) is 0 Å². The molecule has 2 nitrogen and oxygen atoms in total. The van der Waals surface area contributed by atoms with E-state index in [4.69, 9.17) is 5.73 Å². The molecule has 17 heavy (non-hydrogen) atoms. The molecule has 96 valence electrons. The van der Waals surface area contributed by atoms with Crippen molar-refractivity contribution >= 4 is 11.8 Å². The van der Waals surface area contributed by atoms with Crippen molar-refractivity contribution in [2.24, 2.45) is 5.73 Å². The minimum absolute atomic E-state index is 0.343. The number of rotatable bonds is 7. The van der Waals surface area contributed by atoms with Crippen LogP contribution in [0.1, 0.15) is 30.9 Å². The zero-order valence-corrected chi connectivity index (χ0v) is 11.6. The third-order valence-corrected chi connectivity index (χ3v) is 4.06. The summed E-state index contributed by atoms with van der Waals surface area (Å²) in [5.74, 6) is 2.13. The largest absolute Gasteiger partial charge is 0.389 e. The van der Waals surface area contributed by atoms with Crippen LogP contribution >= 0.6 is 11.8 Å². The van der Waals surface area contributed by atoms with Gasteiger partial charge in [0.15, 0.2) is 0 Å². The summed E-state index contributed by atoms with van der Waals surface area (Å²) in [4.78, 5) is 0. The van der Waals surface area contributed by atoms with Gasteiger partial charge in [0, 0.05) is 12.3 Å². The number of thioether (sulfide) groups is 1. The predicted octanol–water partition coefficient (Wildman–Crippen LogP) is 2.72. The molecule has 0 fully saturated rings.